The molecular weight excluding hydrogens is 246 g/mol. The third-order valence-electron chi connectivity index (χ3n) is 3.89. The second kappa shape index (κ2) is 9.02. The highest BCUT2D eigenvalue weighted by atomic mass is 16.5. The molecule has 2 nitrogen and oxygen atoms in total. The van der Waals surface area contributed by atoms with E-state index >= 15 is 0 Å². The van der Waals surface area contributed by atoms with Crippen LogP contribution in [0.4, 0.5) is 0 Å². The summed E-state index contributed by atoms with van der Waals surface area (Å²) in [4.78, 5) is 0. The van der Waals surface area contributed by atoms with Crippen LogP contribution in [-0.4, -0.2) is 13.7 Å². The van der Waals surface area contributed by atoms with Crippen molar-refractivity contribution in [2.75, 3.05) is 13.7 Å². The highest BCUT2D eigenvalue weighted by Gasteiger charge is 2.13. The molecule has 0 aromatic heterocycles. The Morgan fingerprint density at radius 1 is 1.05 bits per heavy atom. The van der Waals surface area contributed by atoms with E-state index in [0.29, 0.717) is 6.04 Å². The highest BCUT2D eigenvalue weighted by Crippen LogP contribution is 2.29. The summed E-state index contributed by atoms with van der Waals surface area (Å²) in [6.07, 6.45) is 6.51. The molecule has 114 valence electrons. The molecule has 0 aliphatic carbocycles. The Morgan fingerprint density at radius 3 is 2.20 bits per heavy atom. The summed E-state index contributed by atoms with van der Waals surface area (Å²) in [6, 6.07) is 5.03. The van der Waals surface area contributed by atoms with Gasteiger partial charge in [-0.15, -0.1) is 0 Å². The van der Waals surface area contributed by atoms with Crippen LogP contribution in [0.25, 0.3) is 0 Å². The van der Waals surface area contributed by atoms with E-state index in [1.165, 1.54) is 48.8 Å². The number of hydrogen-bond acceptors (Lipinski definition) is 2. The fourth-order valence-corrected chi connectivity index (χ4v) is 2.92. The predicted molar refractivity (Wildman–Crippen MR) is 87.6 cm³/mol. The average molecular weight is 277 g/mol. The number of rotatable bonds is 9. The van der Waals surface area contributed by atoms with Crippen LogP contribution in [0, 0.1) is 13.8 Å². The number of unbranched alkanes of at least 4 members (excludes halogenated alkanes) is 3. The molecule has 1 aromatic rings. The summed E-state index contributed by atoms with van der Waals surface area (Å²) in [6.45, 7) is 9.73. The summed E-state index contributed by atoms with van der Waals surface area (Å²) in [5.41, 5.74) is 3.87. The topological polar surface area (TPSA) is 21.3 Å². The Balaban J connectivity index is 2.80. The SMILES string of the molecule is CCCCCCC(NCC)c1cc(C)c(OC)c(C)c1. The van der Waals surface area contributed by atoms with E-state index in [4.69, 9.17) is 4.74 Å². The van der Waals surface area contributed by atoms with Gasteiger partial charge in [0.15, 0.2) is 0 Å². The van der Waals surface area contributed by atoms with Gasteiger partial charge in [-0.1, -0.05) is 51.7 Å². The minimum Gasteiger partial charge on any atom is -0.496 e. The number of methoxy groups -OCH3 is 1. The molecular formula is C18H31NO. The lowest BCUT2D eigenvalue weighted by Crippen LogP contribution is -2.21. The van der Waals surface area contributed by atoms with Crippen molar-refractivity contribution in [2.45, 2.75) is 65.8 Å². The highest BCUT2D eigenvalue weighted by molar-refractivity contribution is 5.44. The maximum absolute atomic E-state index is 5.46. The number of aryl methyl sites for hydroxylation is 2. The molecule has 0 radical (unpaired) electrons. The van der Waals surface area contributed by atoms with Crippen LogP contribution >= 0.6 is 0 Å². The number of ether oxygens (including phenoxy) is 1. The van der Waals surface area contributed by atoms with Gasteiger partial charge in [0.1, 0.15) is 5.75 Å². The van der Waals surface area contributed by atoms with Crippen LogP contribution in [0.2, 0.25) is 0 Å². The van der Waals surface area contributed by atoms with Gasteiger partial charge in [0.05, 0.1) is 7.11 Å². The van der Waals surface area contributed by atoms with Crippen LogP contribution in [0.5, 0.6) is 5.75 Å². The predicted octanol–water partition coefficient (Wildman–Crippen LogP) is 4.93. The van der Waals surface area contributed by atoms with Crippen molar-refractivity contribution in [1.82, 2.24) is 5.32 Å². The molecule has 0 spiro atoms. The van der Waals surface area contributed by atoms with Gasteiger partial charge >= 0.3 is 0 Å². The lowest BCUT2D eigenvalue weighted by atomic mass is 9.96. The molecule has 0 aliphatic rings. The van der Waals surface area contributed by atoms with E-state index in [1.807, 2.05) is 0 Å². The molecule has 0 bridgehead atoms. The molecule has 1 N–H and O–H groups in total. The van der Waals surface area contributed by atoms with Gasteiger partial charge in [-0.05, 0) is 43.5 Å². The first-order chi connectivity index (χ1) is 9.63. The van der Waals surface area contributed by atoms with Crippen molar-refractivity contribution in [2.24, 2.45) is 0 Å². The quantitative estimate of drug-likeness (QED) is 0.646. The fourth-order valence-electron chi connectivity index (χ4n) is 2.92. The molecule has 20 heavy (non-hydrogen) atoms. The molecule has 0 amide bonds. The molecule has 0 heterocycles. The van der Waals surface area contributed by atoms with Gasteiger partial charge in [-0.3, -0.25) is 0 Å². The Kier molecular flexibility index (Phi) is 7.68. The first-order valence-electron chi connectivity index (χ1n) is 8.02. The van der Waals surface area contributed by atoms with E-state index in [0.717, 1.165) is 12.3 Å². The maximum Gasteiger partial charge on any atom is 0.124 e. The van der Waals surface area contributed by atoms with Crippen LogP contribution < -0.4 is 10.1 Å². The Hall–Kier alpha value is -1.02. The zero-order valence-corrected chi connectivity index (χ0v) is 13.9. The maximum atomic E-state index is 5.46. The van der Waals surface area contributed by atoms with Crippen LogP contribution in [0.15, 0.2) is 12.1 Å². The van der Waals surface area contributed by atoms with Crippen molar-refractivity contribution in [3.8, 4) is 5.75 Å². The van der Waals surface area contributed by atoms with Crippen molar-refractivity contribution >= 4 is 0 Å². The molecule has 1 unspecified atom stereocenters. The van der Waals surface area contributed by atoms with E-state index in [9.17, 15) is 0 Å². The smallest absolute Gasteiger partial charge is 0.124 e. The van der Waals surface area contributed by atoms with E-state index in [2.05, 4.69) is 45.1 Å². The van der Waals surface area contributed by atoms with E-state index in [1.54, 1.807) is 7.11 Å². The van der Waals surface area contributed by atoms with Crippen LogP contribution in [0.1, 0.15) is 68.7 Å². The number of nitrogens with one attached hydrogen (secondary N) is 1. The Labute approximate surface area is 124 Å². The largest absolute Gasteiger partial charge is 0.496 e. The second-order valence-electron chi connectivity index (χ2n) is 5.65. The van der Waals surface area contributed by atoms with Gasteiger partial charge < -0.3 is 10.1 Å². The average Bonchev–Trinajstić information content (AvgIpc) is 2.42. The summed E-state index contributed by atoms with van der Waals surface area (Å²) in [5, 5.41) is 3.63. The normalized spacial score (nSPS) is 12.4. The van der Waals surface area contributed by atoms with Gasteiger partial charge in [-0.2, -0.15) is 0 Å². The summed E-state index contributed by atoms with van der Waals surface area (Å²) >= 11 is 0. The van der Waals surface area contributed by atoms with Crippen LogP contribution in [0.3, 0.4) is 0 Å². The van der Waals surface area contributed by atoms with Gasteiger partial charge in [-0.25, -0.2) is 0 Å². The molecule has 1 rings (SSSR count). The molecule has 0 aliphatic heterocycles. The summed E-state index contributed by atoms with van der Waals surface area (Å²) < 4.78 is 5.46. The molecule has 0 saturated carbocycles. The standard InChI is InChI=1S/C18H31NO/c1-6-8-9-10-11-17(19-7-2)16-12-14(3)18(20-5)15(4)13-16/h12-13,17,19H,6-11H2,1-5H3. The van der Waals surface area contributed by atoms with Crippen molar-refractivity contribution in [3.05, 3.63) is 28.8 Å². The monoisotopic (exact) mass is 277 g/mol. The van der Waals surface area contributed by atoms with Crippen LogP contribution in [-0.2, 0) is 0 Å². The summed E-state index contributed by atoms with van der Waals surface area (Å²) in [7, 11) is 1.75. The van der Waals surface area contributed by atoms with Gasteiger partial charge in [0.2, 0.25) is 0 Å². The number of benzene rings is 1. The minimum atomic E-state index is 0.472. The first-order valence-corrected chi connectivity index (χ1v) is 8.02. The molecule has 1 aromatic carbocycles. The molecule has 2 heteroatoms. The zero-order chi connectivity index (χ0) is 15.0. The van der Waals surface area contributed by atoms with Crippen molar-refractivity contribution in [3.63, 3.8) is 0 Å². The Morgan fingerprint density at radius 2 is 1.70 bits per heavy atom. The van der Waals surface area contributed by atoms with E-state index < -0.39 is 0 Å². The Bertz CT molecular complexity index is 377. The lowest BCUT2D eigenvalue weighted by molar-refractivity contribution is 0.407. The lowest BCUT2D eigenvalue weighted by Gasteiger charge is -2.21. The van der Waals surface area contributed by atoms with Crippen molar-refractivity contribution < 1.29 is 4.74 Å². The second-order valence-corrected chi connectivity index (χ2v) is 5.65. The molecule has 0 saturated heterocycles. The van der Waals surface area contributed by atoms with E-state index in [-0.39, 0.29) is 0 Å². The number of hydrogen-bond donors (Lipinski definition) is 1. The first kappa shape index (κ1) is 17.0. The third-order valence-corrected chi connectivity index (χ3v) is 3.89. The molecule has 0 fully saturated rings. The molecule has 1 atom stereocenters. The van der Waals surface area contributed by atoms with Gasteiger partial charge in [0, 0.05) is 6.04 Å². The minimum absolute atomic E-state index is 0.472. The van der Waals surface area contributed by atoms with Crippen molar-refractivity contribution in [1.29, 1.82) is 0 Å². The van der Waals surface area contributed by atoms with Gasteiger partial charge in [0.25, 0.3) is 0 Å². The fraction of sp³-hybridized carbons (Fsp3) is 0.667. The zero-order valence-electron chi connectivity index (χ0n) is 13.9. The summed E-state index contributed by atoms with van der Waals surface area (Å²) in [5.74, 6) is 1.02. The third kappa shape index (κ3) is 4.82.